The summed E-state index contributed by atoms with van der Waals surface area (Å²) in [5.41, 5.74) is 8.41. The lowest BCUT2D eigenvalue weighted by Crippen LogP contribution is -2.25. The van der Waals surface area contributed by atoms with Crippen molar-refractivity contribution >= 4 is 11.6 Å². The minimum Gasteiger partial charge on any atom is -0.398 e. The Kier molecular flexibility index (Phi) is 4.11. The van der Waals surface area contributed by atoms with E-state index >= 15 is 0 Å². The molecule has 0 heterocycles. The second-order valence-electron chi connectivity index (χ2n) is 3.77. The summed E-state index contributed by atoms with van der Waals surface area (Å²) in [7, 11) is 1.75. The van der Waals surface area contributed by atoms with Gasteiger partial charge in [0.2, 0.25) is 5.91 Å². The van der Waals surface area contributed by atoms with E-state index in [0.29, 0.717) is 12.2 Å². The highest BCUT2D eigenvalue weighted by atomic mass is 16.2. The lowest BCUT2D eigenvalue weighted by atomic mass is 10.1. The lowest BCUT2D eigenvalue weighted by Gasteiger charge is -2.12. The largest absolute Gasteiger partial charge is 0.398 e. The number of rotatable bonds is 3. The first-order chi connectivity index (χ1) is 7.56. The summed E-state index contributed by atoms with van der Waals surface area (Å²) in [6, 6.07) is 7.76. The fourth-order valence-corrected chi connectivity index (χ4v) is 1.37. The van der Waals surface area contributed by atoms with Crippen LogP contribution in [0.5, 0.6) is 0 Å². The number of hydrogen-bond donors (Lipinski definition) is 1. The van der Waals surface area contributed by atoms with Gasteiger partial charge < -0.3 is 10.6 Å². The molecule has 0 unspecified atom stereocenters. The molecule has 2 N–H and O–H groups in total. The van der Waals surface area contributed by atoms with Crippen LogP contribution in [-0.4, -0.2) is 24.4 Å². The van der Waals surface area contributed by atoms with Crippen molar-refractivity contribution in [1.82, 2.24) is 4.90 Å². The molecule has 0 aliphatic carbocycles. The Morgan fingerprint density at radius 3 is 2.62 bits per heavy atom. The minimum atomic E-state index is -0.0664. The van der Waals surface area contributed by atoms with E-state index in [2.05, 4.69) is 0 Å². The first-order valence-corrected chi connectivity index (χ1v) is 5.34. The highest BCUT2D eigenvalue weighted by molar-refractivity contribution is 5.94. The van der Waals surface area contributed by atoms with E-state index in [1.165, 1.54) is 6.08 Å². The van der Waals surface area contributed by atoms with Gasteiger partial charge in [0.25, 0.3) is 0 Å². The van der Waals surface area contributed by atoms with Crippen LogP contribution in [0, 0.1) is 6.92 Å². The zero-order chi connectivity index (χ0) is 12.1. The molecule has 0 bridgehead atoms. The van der Waals surface area contributed by atoms with Crippen LogP contribution in [-0.2, 0) is 4.79 Å². The molecule has 1 aromatic carbocycles. The van der Waals surface area contributed by atoms with Gasteiger partial charge in [0.05, 0.1) is 0 Å². The van der Waals surface area contributed by atoms with E-state index in [4.69, 9.17) is 5.73 Å². The first kappa shape index (κ1) is 12.3. The minimum absolute atomic E-state index is 0.0664. The van der Waals surface area contributed by atoms with Crippen LogP contribution in [0.3, 0.4) is 0 Å². The van der Waals surface area contributed by atoms with Gasteiger partial charge >= 0.3 is 0 Å². The third-order valence-electron chi connectivity index (χ3n) is 2.59. The van der Waals surface area contributed by atoms with Crippen molar-refractivity contribution in [3.63, 3.8) is 0 Å². The SMILES string of the molecule is CCN(C)C(=O)C=C(N)c1ccccc1C. The number of carbonyl (C=O) groups excluding carboxylic acids is 1. The molecule has 0 spiro atoms. The van der Waals surface area contributed by atoms with Crippen LogP contribution in [0.4, 0.5) is 0 Å². The number of nitrogens with two attached hydrogens (primary N) is 1. The molecule has 0 aliphatic heterocycles. The summed E-state index contributed by atoms with van der Waals surface area (Å²) >= 11 is 0. The molecule has 16 heavy (non-hydrogen) atoms. The molecule has 0 saturated carbocycles. The van der Waals surface area contributed by atoms with Crippen molar-refractivity contribution in [2.75, 3.05) is 13.6 Å². The fraction of sp³-hybridized carbons (Fsp3) is 0.308. The lowest BCUT2D eigenvalue weighted by molar-refractivity contribution is -0.124. The number of amides is 1. The van der Waals surface area contributed by atoms with Crippen molar-refractivity contribution in [3.05, 3.63) is 41.5 Å². The molecule has 86 valence electrons. The zero-order valence-corrected chi connectivity index (χ0v) is 10.0. The highest BCUT2D eigenvalue weighted by Gasteiger charge is 2.06. The second-order valence-corrected chi connectivity index (χ2v) is 3.77. The van der Waals surface area contributed by atoms with Gasteiger partial charge in [-0.25, -0.2) is 0 Å². The Bertz CT molecular complexity index is 410. The van der Waals surface area contributed by atoms with Crippen LogP contribution in [0.2, 0.25) is 0 Å². The van der Waals surface area contributed by atoms with Crippen molar-refractivity contribution in [2.45, 2.75) is 13.8 Å². The molecule has 0 fully saturated rings. The van der Waals surface area contributed by atoms with Crippen LogP contribution in [0.25, 0.3) is 5.70 Å². The molecule has 3 heteroatoms. The van der Waals surface area contributed by atoms with Gasteiger partial charge in [-0.15, -0.1) is 0 Å². The smallest absolute Gasteiger partial charge is 0.248 e. The van der Waals surface area contributed by atoms with Gasteiger partial charge in [-0.3, -0.25) is 4.79 Å². The molecule has 0 saturated heterocycles. The van der Waals surface area contributed by atoms with E-state index in [0.717, 1.165) is 11.1 Å². The fourth-order valence-electron chi connectivity index (χ4n) is 1.37. The summed E-state index contributed by atoms with van der Waals surface area (Å²) in [5, 5.41) is 0. The summed E-state index contributed by atoms with van der Waals surface area (Å²) in [6.07, 6.45) is 1.48. The molecular weight excluding hydrogens is 200 g/mol. The average Bonchev–Trinajstić information content (AvgIpc) is 2.28. The molecule has 0 atom stereocenters. The summed E-state index contributed by atoms with van der Waals surface area (Å²) in [4.78, 5) is 13.3. The van der Waals surface area contributed by atoms with E-state index in [9.17, 15) is 4.79 Å². The van der Waals surface area contributed by atoms with E-state index < -0.39 is 0 Å². The molecule has 1 rings (SSSR count). The standard InChI is InChI=1S/C13H18N2O/c1-4-15(3)13(16)9-12(14)11-8-6-5-7-10(11)2/h5-9H,4,14H2,1-3H3. The Balaban J connectivity index is 2.94. The van der Waals surface area contributed by atoms with Crippen molar-refractivity contribution in [2.24, 2.45) is 5.73 Å². The summed E-state index contributed by atoms with van der Waals surface area (Å²) in [6.45, 7) is 4.58. The first-order valence-electron chi connectivity index (χ1n) is 5.34. The quantitative estimate of drug-likeness (QED) is 0.786. The molecule has 3 nitrogen and oxygen atoms in total. The van der Waals surface area contributed by atoms with Gasteiger partial charge in [-0.1, -0.05) is 24.3 Å². The molecule has 1 aromatic rings. The molecule has 0 aliphatic rings. The summed E-state index contributed by atoms with van der Waals surface area (Å²) in [5.74, 6) is -0.0664. The van der Waals surface area contributed by atoms with E-state index in [-0.39, 0.29) is 5.91 Å². The zero-order valence-electron chi connectivity index (χ0n) is 10.0. The van der Waals surface area contributed by atoms with Gasteiger partial charge in [-0.05, 0) is 19.4 Å². The van der Waals surface area contributed by atoms with Crippen LogP contribution >= 0.6 is 0 Å². The maximum atomic E-state index is 11.6. The Morgan fingerprint density at radius 2 is 2.06 bits per heavy atom. The number of hydrogen-bond acceptors (Lipinski definition) is 2. The van der Waals surface area contributed by atoms with Gasteiger partial charge in [0.1, 0.15) is 0 Å². The van der Waals surface area contributed by atoms with E-state index in [1.54, 1.807) is 11.9 Å². The number of likely N-dealkylation sites (N-methyl/N-ethyl adjacent to an activating group) is 1. The van der Waals surface area contributed by atoms with Crippen LogP contribution < -0.4 is 5.73 Å². The maximum absolute atomic E-state index is 11.6. The second kappa shape index (κ2) is 5.35. The third-order valence-corrected chi connectivity index (χ3v) is 2.59. The predicted octanol–water partition coefficient (Wildman–Crippen LogP) is 1.77. The number of nitrogens with zero attached hydrogens (tertiary/aromatic N) is 1. The van der Waals surface area contributed by atoms with Gasteiger partial charge in [0.15, 0.2) is 0 Å². The van der Waals surface area contributed by atoms with E-state index in [1.807, 2.05) is 38.1 Å². The maximum Gasteiger partial charge on any atom is 0.248 e. The molecule has 0 radical (unpaired) electrons. The van der Waals surface area contributed by atoms with Crippen LogP contribution in [0.15, 0.2) is 30.3 Å². The van der Waals surface area contributed by atoms with Gasteiger partial charge in [0, 0.05) is 30.9 Å². The number of benzene rings is 1. The van der Waals surface area contributed by atoms with Gasteiger partial charge in [-0.2, -0.15) is 0 Å². The normalized spacial score (nSPS) is 11.3. The van der Waals surface area contributed by atoms with Crippen molar-refractivity contribution in [1.29, 1.82) is 0 Å². The molecule has 1 amide bonds. The highest BCUT2D eigenvalue weighted by Crippen LogP contribution is 2.13. The molecular formula is C13H18N2O. The Morgan fingerprint density at radius 1 is 1.44 bits per heavy atom. The Hall–Kier alpha value is -1.77. The summed E-state index contributed by atoms with van der Waals surface area (Å²) < 4.78 is 0. The third kappa shape index (κ3) is 2.86. The Labute approximate surface area is 96.6 Å². The predicted molar refractivity (Wildman–Crippen MR) is 66.7 cm³/mol. The average molecular weight is 218 g/mol. The van der Waals surface area contributed by atoms with Crippen molar-refractivity contribution < 1.29 is 4.79 Å². The van der Waals surface area contributed by atoms with Crippen molar-refractivity contribution in [3.8, 4) is 0 Å². The number of carbonyl (C=O) groups is 1. The van der Waals surface area contributed by atoms with Crippen LogP contribution in [0.1, 0.15) is 18.1 Å². The monoisotopic (exact) mass is 218 g/mol. The molecule has 0 aromatic heterocycles. The topological polar surface area (TPSA) is 46.3 Å². The number of aryl methyl sites for hydroxylation is 1.